The number of ether oxygens (including phenoxy) is 1. The number of carbonyl (C=O) groups excluding carboxylic acids is 1. The van der Waals surface area contributed by atoms with Crippen LogP contribution in [0, 0.1) is 13.8 Å². The normalized spacial score (nSPS) is 10.2. The van der Waals surface area contributed by atoms with Crippen molar-refractivity contribution in [3.63, 3.8) is 0 Å². The Labute approximate surface area is 101 Å². The molecule has 0 heterocycles. The average molecular weight is 226 g/mol. The third-order valence-electron chi connectivity index (χ3n) is 2.76. The van der Waals surface area contributed by atoms with Crippen molar-refractivity contribution in [2.45, 2.75) is 13.8 Å². The van der Waals surface area contributed by atoms with Gasteiger partial charge >= 0.3 is 5.97 Å². The monoisotopic (exact) mass is 226 g/mol. The molecule has 0 unspecified atom stereocenters. The maximum atomic E-state index is 11.3. The summed E-state index contributed by atoms with van der Waals surface area (Å²) in [7, 11) is 0. The van der Waals surface area contributed by atoms with E-state index in [0.29, 0.717) is 5.75 Å². The molecule has 0 saturated heterocycles. The van der Waals surface area contributed by atoms with Gasteiger partial charge in [0.25, 0.3) is 0 Å². The molecule has 0 N–H and O–H groups in total. The van der Waals surface area contributed by atoms with Crippen LogP contribution in [0.25, 0.3) is 10.8 Å². The predicted octanol–water partition coefficient (Wildman–Crippen LogP) is 3.55. The van der Waals surface area contributed by atoms with E-state index in [1.54, 1.807) is 0 Å². The second-order valence-electron chi connectivity index (χ2n) is 4.01. The van der Waals surface area contributed by atoms with E-state index in [1.165, 1.54) is 11.6 Å². The number of benzene rings is 2. The third kappa shape index (κ3) is 2.07. The summed E-state index contributed by atoms with van der Waals surface area (Å²) in [6.07, 6.45) is 1.17. The lowest BCUT2D eigenvalue weighted by Crippen LogP contribution is -2.05. The Hall–Kier alpha value is -2.09. The summed E-state index contributed by atoms with van der Waals surface area (Å²) < 4.78 is 5.31. The predicted molar refractivity (Wildman–Crippen MR) is 69.3 cm³/mol. The van der Waals surface area contributed by atoms with Gasteiger partial charge in [-0.1, -0.05) is 36.9 Å². The lowest BCUT2D eigenvalue weighted by Gasteiger charge is -2.11. The zero-order valence-corrected chi connectivity index (χ0v) is 9.99. The fourth-order valence-electron chi connectivity index (χ4n) is 1.98. The van der Waals surface area contributed by atoms with Crippen molar-refractivity contribution < 1.29 is 9.53 Å². The maximum Gasteiger partial charge on any atom is 0.335 e. The van der Waals surface area contributed by atoms with E-state index < -0.39 is 5.97 Å². The number of hydrogen-bond acceptors (Lipinski definition) is 2. The van der Waals surface area contributed by atoms with E-state index >= 15 is 0 Å². The molecule has 2 nitrogen and oxygen atoms in total. The third-order valence-corrected chi connectivity index (χ3v) is 2.76. The molecule has 0 saturated carbocycles. The Morgan fingerprint density at radius 3 is 2.47 bits per heavy atom. The van der Waals surface area contributed by atoms with Crippen molar-refractivity contribution in [3.05, 3.63) is 54.1 Å². The van der Waals surface area contributed by atoms with Crippen molar-refractivity contribution in [1.82, 2.24) is 0 Å². The SMILES string of the molecule is C=CC(=O)Oc1c(C)cc(C)c2ccccc12. The second kappa shape index (κ2) is 4.42. The highest BCUT2D eigenvalue weighted by Crippen LogP contribution is 2.32. The molecule has 0 aliphatic rings. The number of rotatable bonds is 2. The van der Waals surface area contributed by atoms with Gasteiger partial charge in [-0.05, 0) is 30.4 Å². The molecule has 86 valence electrons. The van der Waals surface area contributed by atoms with Gasteiger partial charge in [0.05, 0.1) is 0 Å². The molecule has 0 radical (unpaired) electrons. The van der Waals surface area contributed by atoms with Crippen LogP contribution in [-0.4, -0.2) is 5.97 Å². The van der Waals surface area contributed by atoms with E-state index in [9.17, 15) is 4.79 Å². The largest absolute Gasteiger partial charge is 0.422 e. The van der Waals surface area contributed by atoms with Gasteiger partial charge in [-0.3, -0.25) is 0 Å². The molecular formula is C15H14O2. The fraction of sp³-hybridized carbons (Fsp3) is 0.133. The topological polar surface area (TPSA) is 26.3 Å². The number of esters is 1. The lowest BCUT2D eigenvalue weighted by atomic mass is 10.0. The zero-order chi connectivity index (χ0) is 12.4. The zero-order valence-electron chi connectivity index (χ0n) is 9.99. The molecule has 0 aliphatic carbocycles. The minimum absolute atomic E-state index is 0.429. The van der Waals surface area contributed by atoms with E-state index in [4.69, 9.17) is 4.74 Å². The van der Waals surface area contributed by atoms with Crippen molar-refractivity contribution in [2.24, 2.45) is 0 Å². The van der Waals surface area contributed by atoms with Crippen LogP contribution in [0.2, 0.25) is 0 Å². The molecule has 0 bridgehead atoms. The van der Waals surface area contributed by atoms with Crippen LogP contribution in [0.3, 0.4) is 0 Å². The highest BCUT2D eigenvalue weighted by atomic mass is 16.5. The van der Waals surface area contributed by atoms with Crippen LogP contribution >= 0.6 is 0 Å². The van der Waals surface area contributed by atoms with E-state index in [1.807, 2.05) is 37.3 Å². The highest BCUT2D eigenvalue weighted by Gasteiger charge is 2.10. The van der Waals surface area contributed by atoms with Gasteiger partial charge in [-0.25, -0.2) is 4.79 Å². The highest BCUT2D eigenvalue weighted by molar-refractivity contribution is 5.95. The molecule has 2 aromatic carbocycles. The van der Waals surface area contributed by atoms with Gasteiger partial charge in [0.1, 0.15) is 5.75 Å². The molecule has 0 aromatic heterocycles. The molecule has 0 aliphatic heterocycles. The van der Waals surface area contributed by atoms with Gasteiger partial charge < -0.3 is 4.74 Å². The minimum atomic E-state index is -0.429. The summed E-state index contributed by atoms with van der Waals surface area (Å²) >= 11 is 0. The molecule has 2 rings (SSSR count). The molecule has 2 heteroatoms. The van der Waals surface area contributed by atoms with E-state index in [2.05, 4.69) is 13.5 Å². The molecule has 0 spiro atoms. The van der Waals surface area contributed by atoms with Crippen molar-refractivity contribution in [3.8, 4) is 5.75 Å². The first-order chi connectivity index (χ1) is 8.13. The first-order valence-electron chi connectivity index (χ1n) is 5.46. The Balaban J connectivity index is 2.69. The minimum Gasteiger partial charge on any atom is -0.422 e. The summed E-state index contributed by atoms with van der Waals surface area (Å²) in [6.45, 7) is 7.40. The molecule has 2 aromatic rings. The quantitative estimate of drug-likeness (QED) is 0.444. The van der Waals surface area contributed by atoms with E-state index in [0.717, 1.165) is 16.3 Å². The van der Waals surface area contributed by atoms with Gasteiger partial charge in [-0.15, -0.1) is 0 Å². The van der Waals surface area contributed by atoms with Gasteiger partial charge in [0.2, 0.25) is 0 Å². The average Bonchev–Trinajstić information content (AvgIpc) is 2.34. The lowest BCUT2D eigenvalue weighted by molar-refractivity contribution is -0.128. The summed E-state index contributed by atoms with van der Waals surface area (Å²) in [6, 6.07) is 9.92. The molecule has 0 atom stereocenters. The van der Waals surface area contributed by atoms with Gasteiger partial charge in [0, 0.05) is 11.5 Å². The van der Waals surface area contributed by atoms with Crippen molar-refractivity contribution >= 4 is 16.7 Å². The molecule has 0 amide bonds. The summed E-state index contributed by atoms with van der Waals surface area (Å²) in [5, 5.41) is 2.06. The number of aryl methyl sites for hydroxylation is 2. The van der Waals surface area contributed by atoms with Gasteiger partial charge in [0.15, 0.2) is 0 Å². The van der Waals surface area contributed by atoms with Crippen molar-refractivity contribution in [1.29, 1.82) is 0 Å². The molecule has 0 fully saturated rings. The summed E-state index contributed by atoms with van der Waals surface area (Å²) in [5.41, 5.74) is 2.13. The van der Waals surface area contributed by atoms with Crippen LogP contribution in [0.15, 0.2) is 43.0 Å². The molecular weight excluding hydrogens is 212 g/mol. The molecule has 17 heavy (non-hydrogen) atoms. The maximum absolute atomic E-state index is 11.3. The smallest absolute Gasteiger partial charge is 0.335 e. The summed E-state index contributed by atoms with van der Waals surface area (Å²) in [5.74, 6) is 0.193. The Bertz CT molecular complexity index is 597. The Kier molecular flexibility index (Phi) is 2.96. The summed E-state index contributed by atoms with van der Waals surface area (Å²) in [4.78, 5) is 11.3. The number of fused-ring (bicyclic) bond motifs is 1. The van der Waals surface area contributed by atoms with Crippen LogP contribution in [-0.2, 0) is 4.79 Å². The van der Waals surface area contributed by atoms with Gasteiger partial charge in [-0.2, -0.15) is 0 Å². The fourth-order valence-corrected chi connectivity index (χ4v) is 1.98. The first-order valence-corrected chi connectivity index (χ1v) is 5.46. The Morgan fingerprint density at radius 2 is 1.82 bits per heavy atom. The number of carbonyl (C=O) groups is 1. The van der Waals surface area contributed by atoms with Crippen LogP contribution in [0.4, 0.5) is 0 Å². The van der Waals surface area contributed by atoms with Crippen LogP contribution in [0.5, 0.6) is 5.75 Å². The van der Waals surface area contributed by atoms with E-state index in [-0.39, 0.29) is 0 Å². The Morgan fingerprint density at radius 1 is 1.18 bits per heavy atom. The second-order valence-corrected chi connectivity index (χ2v) is 4.01. The van der Waals surface area contributed by atoms with Crippen LogP contribution in [0.1, 0.15) is 11.1 Å². The van der Waals surface area contributed by atoms with Crippen molar-refractivity contribution in [2.75, 3.05) is 0 Å². The first kappa shape index (κ1) is 11.4. The van der Waals surface area contributed by atoms with Crippen LogP contribution < -0.4 is 4.74 Å². The number of hydrogen-bond donors (Lipinski definition) is 0. The standard InChI is InChI=1S/C15H14O2/c1-4-14(16)17-15-11(3)9-10(2)12-7-5-6-8-13(12)15/h4-9H,1H2,2-3H3.